The molecule has 1 fully saturated rings. The number of ether oxygens (including phenoxy) is 3. The van der Waals surface area contributed by atoms with Gasteiger partial charge in [0.05, 0.1) is 7.11 Å². The number of hydrogen-bond acceptors (Lipinski definition) is 4. The average Bonchev–Trinajstić information content (AvgIpc) is 3.25. The van der Waals surface area contributed by atoms with Crippen LogP contribution in [0.4, 0.5) is 5.69 Å². The zero-order chi connectivity index (χ0) is 18.0. The lowest BCUT2D eigenvalue weighted by Crippen LogP contribution is -2.34. The molecule has 2 aromatic carbocycles. The molecule has 0 saturated heterocycles. The van der Waals surface area contributed by atoms with Crippen molar-refractivity contribution in [3.05, 3.63) is 54.1 Å². The van der Waals surface area contributed by atoms with Gasteiger partial charge >= 0.3 is 0 Å². The third-order valence-electron chi connectivity index (χ3n) is 4.72. The van der Waals surface area contributed by atoms with Gasteiger partial charge in [-0.25, -0.2) is 0 Å². The van der Waals surface area contributed by atoms with Gasteiger partial charge in [0.2, 0.25) is 5.91 Å². The van der Waals surface area contributed by atoms with E-state index in [1.807, 2.05) is 42.5 Å². The van der Waals surface area contributed by atoms with Crippen LogP contribution in [0.1, 0.15) is 31.2 Å². The minimum Gasteiger partial charge on any atom is -0.496 e. The number of nitrogens with one attached hydrogen (secondary N) is 1. The Labute approximate surface area is 152 Å². The smallest absolute Gasteiger partial charge is 0.251 e. The summed E-state index contributed by atoms with van der Waals surface area (Å²) >= 11 is 0. The summed E-state index contributed by atoms with van der Waals surface area (Å²) in [5.41, 5.74) is 1.52. The molecule has 5 heteroatoms. The second-order valence-electron chi connectivity index (χ2n) is 6.55. The van der Waals surface area contributed by atoms with Gasteiger partial charge in [-0.05, 0) is 37.1 Å². The first-order chi connectivity index (χ1) is 12.7. The van der Waals surface area contributed by atoms with E-state index in [0.717, 1.165) is 42.7 Å². The second kappa shape index (κ2) is 6.75. The van der Waals surface area contributed by atoms with Crippen molar-refractivity contribution in [2.75, 3.05) is 12.4 Å². The first-order valence-corrected chi connectivity index (χ1v) is 8.82. The number of amides is 1. The van der Waals surface area contributed by atoms with Gasteiger partial charge in [-0.1, -0.05) is 18.2 Å². The second-order valence-corrected chi connectivity index (χ2v) is 6.55. The predicted molar refractivity (Wildman–Crippen MR) is 99.6 cm³/mol. The first-order valence-electron chi connectivity index (χ1n) is 8.82. The van der Waals surface area contributed by atoms with Crippen LogP contribution >= 0.6 is 0 Å². The zero-order valence-electron chi connectivity index (χ0n) is 14.7. The molecule has 1 N–H and O–H groups in total. The Morgan fingerprint density at radius 3 is 2.69 bits per heavy atom. The monoisotopic (exact) mass is 351 g/mol. The lowest BCUT2D eigenvalue weighted by Gasteiger charge is -2.21. The van der Waals surface area contributed by atoms with Crippen LogP contribution in [0.5, 0.6) is 17.2 Å². The van der Waals surface area contributed by atoms with Crippen LogP contribution in [-0.4, -0.2) is 18.8 Å². The van der Waals surface area contributed by atoms with Crippen LogP contribution in [-0.2, 0) is 4.79 Å². The Balaban J connectivity index is 1.44. The number of anilines is 1. The van der Waals surface area contributed by atoms with Crippen molar-refractivity contribution in [1.29, 1.82) is 0 Å². The number of fused-ring (bicyclic) bond motifs is 1. The quantitative estimate of drug-likeness (QED) is 0.830. The number of carbonyl (C=O) groups excluding carboxylic acids is 1. The van der Waals surface area contributed by atoms with E-state index in [-0.39, 0.29) is 5.91 Å². The van der Waals surface area contributed by atoms with Gasteiger partial charge in [0.1, 0.15) is 5.75 Å². The van der Waals surface area contributed by atoms with Crippen molar-refractivity contribution in [2.24, 2.45) is 0 Å². The summed E-state index contributed by atoms with van der Waals surface area (Å²) < 4.78 is 17.3. The van der Waals surface area contributed by atoms with Crippen LogP contribution in [0.3, 0.4) is 0 Å². The molecular formula is C21H21NO4. The molecule has 26 heavy (non-hydrogen) atoms. The molecule has 1 heterocycles. The maximum Gasteiger partial charge on any atom is 0.251 e. The summed E-state index contributed by atoms with van der Waals surface area (Å²) in [7, 11) is 1.61. The minimum atomic E-state index is -0.491. The van der Waals surface area contributed by atoms with E-state index in [4.69, 9.17) is 14.2 Å². The van der Waals surface area contributed by atoms with E-state index >= 15 is 0 Å². The molecule has 134 valence electrons. The number of methoxy groups -OCH3 is 1. The molecule has 1 aliphatic carbocycles. The number of hydrogen-bond donors (Lipinski definition) is 1. The fourth-order valence-corrected chi connectivity index (χ4v) is 3.44. The van der Waals surface area contributed by atoms with Gasteiger partial charge in [-0.3, -0.25) is 4.79 Å². The van der Waals surface area contributed by atoms with Crippen LogP contribution in [0, 0.1) is 0 Å². The molecule has 4 rings (SSSR count). The van der Waals surface area contributed by atoms with E-state index in [1.54, 1.807) is 13.2 Å². The summed E-state index contributed by atoms with van der Waals surface area (Å²) in [6.45, 7) is 0. The number of rotatable bonds is 4. The predicted octanol–water partition coefficient (Wildman–Crippen LogP) is 4.39. The molecule has 0 aromatic heterocycles. The van der Waals surface area contributed by atoms with E-state index in [9.17, 15) is 4.79 Å². The molecule has 0 bridgehead atoms. The molecule has 1 spiro atoms. The summed E-state index contributed by atoms with van der Waals surface area (Å²) in [4.78, 5) is 12.2. The molecule has 5 nitrogen and oxygen atoms in total. The van der Waals surface area contributed by atoms with Crippen LogP contribution in [0.25, 0.3) is 6.08 Å². The van der Waals surface area contributed by atoms with Crippen molar-refractivity contribution in [2.45, 2.75) is 31.5 Å². The van der Waals surface area contributed by atoms with Crippen molar-refractivity contribution in [1.82, 2.24) is 0 Å². The van der Waals surface area contributed by atoms with E-state index in [1.165, 1.54) is 6.08 Å². The first kappa shape index (κ1) is 16.5. The maximum absolute atomic E-state index is 12.2. The SMILES string of the molecule is COc1ccccc1/C=C/C(=O)Nc1ccc2c(c1)OC1(CCCC1)O2. The van der Waals surface area contributed by atoms with Crippen molar-refractivity contribution in [3.8, 4) is 17.2 Å². The molecule has 2 aliphatic rings. The van der Waals surface area contributed by atoms with Gasteiger partial charge in [-0.15, -0.1) is 0 Å². The molecular weight excluding hydrogens is 330 g/mol. The summed E-state index contributed by atoms with van der Waals surface area (Å²) in [5, 5.41) is 2.86. The normalized spacial score (nSPS) is 17.0. The highest BCUT2D eigenvalue weighted by Crippen LogP contribution is 2.47. The Kier molecular flexibility index (Phi) is 4.29. The van der Waals surface area contributed by atoms with Gasteiger partial charge in [0, 0.05) is 36.2 Å². The molecule has 0 atom stereocenters. The Morgan fingerprint density at radius 1 is 1.12 bits per heavy atom. The Hall–Kier alpha value is -2.95. The van der Waals surface area contributed by atoms with Crippen LogP contribution in [0.2, 0.25) is 0 Å². The highest BCUT2D eigenvalue weighted by atomic mass is 16.7. The fourth-order valence-electron chi connectivity index (χ4n) is 3.44. The van der Waals surface area contributed by atoms with Gasteiger partial charge in [-0.2, -0.15) is 0 Å². The number of para-hydroxylation sites is 1. The molecule has 0 radical (unpaired) electrons. The van der Waals surface area contributed by atoms with E-state index in [2.05, 4.69) is 5.32 Å². The molecule has 0 unspecified atom stereocenters. The van der Waals surface area contributed by atoms with Gasteiger partial charge in [0.15, 0.2) is 11.5 Å². The van der Waals surface area contributed by atoms with Crippen molar-refractivity contribution < 1.29 is 19.0 Å². The zero-order valence-corrected chi connectivity index (χ0v) is 14.7. The fraction of sp³-hybridized carbons (Fsp3) is 0.286. The van der Waals surface area contributed by atoms with Crippen molar-refractivity contribution >= 4 is 17.7 Å². The lowest BCUT2D eigenvalue weighted by molar-refractivity contribution is -0.111. The van der Waals surface area contributed by atoms with E-state index in [0.29, 0.717) is 11.4 Å². The number of carbonyl (C=O) groups is 1. The van der Waals surface area contributed by atoms with Gasteiger partial charge < -0.3 is 19.5 Å². The summed E-state index contributed by atoms with van der Waals surface area (Å²) in [6.07, 6.45) is 7.27. The largest absolute Gasteiger partial charge is 0.496 e. The highest BCUT2D eigenvalue weighted by Gasteiger charge is 2.44. The van der Waals surface area contributed by atoms with E-state index < -0.39 is 5.79 Å². The highest BCUT2D eigenvalue weighted by molar-refractivity contribution is 6.02. The van der Waals surface area contributed by atoms with Crippen LogP contribution < -0.4 is 19.5 Å². The standard InChI is InChI=1S/C21H21NO4/c1-24-17-7-3-2-6-15(17)8-11-20(23)22-16-9-10-18-19(14-16)26-21(25-18)12-4-5-13-21/h2-3,6-11,14H,4-5,12-13H2,1H3,(H,22,23)/b11-8+. The van der Waals surface area contributed by atoms with Crippen LogP contribution in [0.15, 0.2) is 48.5 Å². The Bertz CT molecular complexity index is 853. The summed E-state index contributed by atoms with van der Waals surface area (Å²) in [6, 6.07) is 13.0. The molecule has 2 aromatic rings. The average molecular weight is 351 g/mol. The molecule has 1 amide bonds. The Morgan fingerprint density at radius 2 is 1.88 bits per heavy atom. The molecule has 1 saturated carbocycles. The van der Waals surface area contributed by atoms with Gasteiger partial charge in [0.25, 0.3) is 5.79 Å². The molecule has 1 aliphatic heterocycles. The minimum absolute atomic E-state index is 0.217. The lowest BCUT2D eigenvalue weighted by atomic mass is 10.2. The third-order valence-corrected chi connectivity index (χ3v) is 4.72. The summed E-state index contributed by atoms with van der Waals surface area (Å²) in [5.74, 6) is 1.45. The third kappa shape index (κ3) is 3.25. The topological polar surface area (TPSA) is 56.8 Å². The van der Waals surface area contributed by atoms with Crippen molar-refractivity contribution in [3.63, 3.8) is 0 Å². The maximum atomic E-state index is 12.2. The number of benzene rings is 2.